The molecule has 0 radical (unpaired) electrons. The zero-order chi connectivity index (χ0) is 17.9. The number of piperidine rings is 1. The average Bonchev–Trinajstić information content (AvgIpc) is 3.31. The Balaban J connectivity index is 1.50. The van der Waals surface area contributed by atoms with E-state index in [0.29, 0.717) is 12.1 Å². The second-order valence-electron chi connectivity index (χ2n) is 6.77. The summed E-state index contributed by atoms with van der Waals surface area (Å²) in [6.07, 6.45) is 12.9. The molecule has 0 aliphatic carbocycles. The van der Waals surface area contributed by atoms with Crippen LogP contribution in [0.1, 0.15) is 40.5 Å². The Morgan fingerprint density at radius 3 is 3.00 bits per heavy atom. The molecule has 1 fully saturated rings. The second kappa shape index (κ2) is 7.11. The molecule has 0 spiro atoms. The molecular formula is C19H22N6O. The lowest BCUT2D eigenvalue weighted by Gasteiger charge is -2.32. The van der Waals surface area contributed by atoms with Gasteiger partial charge in [0.25, 0.3) is 5.91 Å². The van der Waals surface area contributed by atoms with E-state index >= 15 is 0 Å². The number of likely N-dealkylation sites (tertiary alicyclic amines) is 1. The SMILES string of the molecule is Cn1cc(C(=O)N2CCC[C@H](c3nccn3Cc3cccnc3)C2)cn1. The van der Waals surface area contributed by atoms with Gasteiger partial charge in [-0.25, -0.2) is 4.98 Å². The number of carbonyl (C=O) groups excluding carboxylic acids is 1. The highest BCUT2D eigenvalue weighted by atomic mass is 16.2. The molecule has 7 heteroatoms. The average molecular weight is 350 g/mol. The van der Waals surface area contributed by atoms with Crippen molar-refractivity contribution in [1.82, 2.24) is 29.2 Å². The smallest absolute Gasteiger partial charge is 0.257 e. The first-order valence-corrected chi connectivity index (χ1v) is 8.88. The lowest BCUT2D eigenvalue weighted by Crippen LogP contribution is -2.39. The van der Waals surface area contributed by atoms with Crippen molar-refractivity contribution in [1.29, 1.82) is 0 Å². The minimum Gasteiger partial charge on any atom is -0.338 e. The molecule has 7 nitrogen and oxygen atoms in total. The summed E-state index contributed by atoms with van der Waals surface area (Å²) in [6, 6.07) is 4.01. The number of nitrogens with zero attached hydrogens (tertiary/aromatic N) is 6. The third kappa shape index (κ3) is 3.37. The van der Waals surface area contributed by atoms with Gasteiger partial charge in [0.05, 0.1) is 18.3 Å². The number of pyridine rings is 1. The molecular weight excluding hydrogens is 328 g/mol. The molecule has 4 heterocycles. The first-order chi connectivity index (χ1) is 12.7. The van der Waals surface area contributed by atoms with Gasteiger partial charge >= 0.3 is 0 Å². The highest BCUT2D eigenvalue weighted by Gasteiger charge is 2.28. The van der Waals surface area contributed by atoms with Gasteiger partial charge in [-0.1, -0.05) is 6.07 Å². The van der Waals surface area contributed by atoms with Crippen LogP contribution in [0.15, 0.2) is 49.3 Å². The Hall–Kier alpha value is -2.96. The summed E-state index contributed by atoms with van der Waals surface area (Å²) in [5.41, 5.74) is 1.79. The number of rotatable bonds is 4. The number of hydrogen-bond donors (Lipinski definition) is 0. The van der Waals surface area contributed by atoms with Crippen LogP contribution in [0.4, 0.5) is 0 Å². The Morgan fingerprint density at radius 1 is 1.31 bits per heavy atom. The maximum Gasteiger partial charge on any atom is 0.257 e. The Labute approximate surface area is 152 Å². The summed E-state index contributed by atoms with van der Waals surface area (Å²) < 4.78 is 3.83. The van der Waals surface area contributed by atoms with Crippen LogP contribution < -0.4 is 0 Å². The van der Waals surface area contributed by atoms with Crippen LogP contribution in [0.25, 0.3) is 0 Å². The lowest BCUT2D eigenvalue weighted by atomic mass is 9.96. The highest BCUT2D eigenvalue weighted by Crippen LogP contribution is 2.27. The fourth-order valence-electron chi connectivity index (χ4n) is 3.59. The monoisotopic (exact) mass is 350 g/mol. The van der Waals surface area contributed by atoms with E-state index in [-0.39, 0.29) is 11.8 Å². The lowest BCUT2D eigenvalue weighted by molar-refractivity contribution is 0.0703. The van der Waals surface area contributed by atoms with E-state index in [1.807, 2.05) is 36.6 Å². The number of carbonyl (C=O) groups is 1. The van der Waals surface area contributed by atoms with Crippen molar-refractivity contribution >= 4 is 5.91 Å². The third-order valence-electron chi connectivity index (χ3n) is 4.85. The van der Waals surface area contributed by atoms with E-state index in [4.69, 9.17) is 0 Å². The molecule has 26 heavy (non-hydrogen) atoms. The van der Waals surface area contributed by atoms with Gasteiger partial charge < -0.3 is 9.47 Å². The van der Waals surface area contributed by atoms with Crippen molar-refractivity contribution in [2.75, 3.05) is 13.1 Å². The second-order valence-corrected chi connectivity index (χ2v) is 6.77. The van der Waals surface area contributed by atoms with Gasteiger partial charge in [-0.05, 0) is 24.5 Å². The third-order valence-corrected chi connectivity index (χ3v) is 4.85. The molecule has 134 valence electrons. The van der Waals surface area contributed by atoms with E-state index in [1.165, 1.54) is 0 Å². The van der Waals surface area contributed by atoms with Gasteiger partial charge in [0.1, 0.15) is 5.82 Å². The van der Waals surface area contributed by atoms with Gasteiger partial charge in [0.2, 0.25) is 0 Å². The molecule has 1 saturated heterocycles. The maximum atomic E-state index is 12.7. The summed E-state index contributed by atoms with van der Waals surface area (Å²) in [7, 11) is 1.82. The molecule has 0 unspecified atom stereocenters. The van der Waals surface area contributed by atoms with Crippen LogP contribution in [0.3, 0.4) is 0 Å². The predicted octanol–water partition coefficient (Wildman–Crippen LogP) is 2.08. The molecule has 1 aliphatic rings. The number of amides is 1. The molecule has 1 amide bonds. The quantitative estimate of drug-likeness (QED) is 0.722. The van der Waals surface area contributed by atoms with Crippen molar-refractivity contribution in [2.45, 2.75) is 25.3 Å². The Kier molecular flexibility index (Phi) is 4.51. The molecule has 0 aromatic carbocycles. The molecule has 3 aromatic heterocycles. The van der Waals surface area contributed by atoms with Crippen molar-refractivity contribution < 1.29 is 4.79 Å². The number of aromatic nitrogens is 5. The molecule has 3 aromatic rings. The number of aryl methyl sites for hydroxylation is 1. The zero-order valence-corrected chi connectivity index (χ0v) is 14.8. The van der Waals surface area contributed by atoms with Crippen LogP contribution >= 0.6 is 0 Å². The van der Waals surface area contributed by atoms with E-state index in [2.05, 4.69) is 25.7 Å². The fraction of sp³-hybridized carbons (Fsp3) is 0.368. The van der Waals surface area contributed by atoms with E-state index < -0.39 is 0 Å². The first-order valence-electron chi connectivity index (χ1n) is 8.88. The standard InChI is InChI=1S/C19H22N6O/c1-23-13-17(11-22-23)19(26)25-8-3-5-16(14-25)18-21-7-9-24(18)12-15-4-2-6-20-10-15/h2,4,6-7,9-11,13,16H,3,5,8,12,14H2,1H3/t16-/m0/s1. The molecule has 0 saturated carbocycles. The van der Waals surface area contributed by atoms with Gasteiger partial charge in [-0.3, -0.25) is 14.5 Å². The van der Waals surface area contributed by atoms with Crippen LogP contribution in [0, 0.1) is 0 Å². The van der Waals surface area contributed by atoms with Crippen molar-refractivity contribution in [3.8, 4) is 0 Å². The fourth-order valence-corrected chi connectivity index (χ4v) is 3.59. The highest BCUT2D eigenvalue weighted by molar-refractivity contribution is 5.93. The van der Waals surface area contributed by atoms with Gasteiger partial charge in [-0.15, -0.1) is 0 Å². The zero-order valence-electron chi connectivity index (χ0n) is 14.8. The molecule has 1 aliphatic heterocycles. The van der Waals surface area contributed by atoms with Gasteiger partial charge in [0.15, 0.2) is 0 Å². The molecule has 0 N–H and O–H groups in total. The van der Waals surface area contributed by atoms with Crippen molar-refractivity contribution in [2.24, 2.45) is 7.05 Å². The summed E-state index contributed by atoms with van der Waals surface area (Å²) >= 11 is 0. The summed E-state index contributed by atoms with van der Waals surface area (Å²) in [6.45, 7) is 2.22. The Bertz CT molecular complexity index is 884. The molecule has 1 atom stereocenters. The molecule has 0 bridgehead atoms. The van der Waals surface area contributed by atoms with Crippen LogP contribution in [-0.4, -0.2) is 48.2 Å². The number of hydrogen-bond acceptors (Lipinski definition) is 4. The van der Waals surface area contributed by atoms with E-state index in [1.54, 1.807) is 23.3 Å². The van der Waals surface area contributed by atoms with Gasteiger partial charge in [0, 0.05) is 57.0 Å². The summed E-state index contributed by atoms with van der Waals surface area (Å²) in [5.74, 6) is 1.33. The van der Waals surface area contributed by atoms with Crippen LogP contribution in [0.5, 0.6) is 0 Å². The van der Waals surface area contributed by atoms with E-state index in [0.717, 1.165) is 37.3 Å². The largest absolute Gasteiger partial charge is 0.338 e. The van der Waals surface area contributed by atoms with Crippen molar-refractivity contribution in [3.05, 3.63) is 66.3 Å². The Morgan fingerprint density at radius 2 is 2.23 bits per heavy atom. The summed E-state index contributed by atoms with van der Waals surface area (Å²) in [4.78, 5) is 23.4. The predicted molar refractivity (Wildman–Crippen MR) is 96.7 cm³/mol. The van der Waals surface area contributed by atoms with Gasteiger partial charge in [-0.2, -0.15) is 5.10 Å². The van der Waals surface area contributed by atoms with Crippen LogP contribution in [0.2, 0.25) is 0 Å². The van der Waals surface area contributed by atoms with E-state index in [9.17, 15) is 4.79 Å². The normalized spacial score (nSPS) is 17.4. The number of imidazole rings is 1. The van der Waals surface area contributed by atoms with Crippen LogP contribution in [-0.2, 0) is 13.6 Å². The van der Waals surface area contributed by atoms with Crippen molar-refractivity contribution in [3.63, 3.8) is 0 Å². The first kappa shape index (κ1) is 16.5. The minimum absolute atomic E-state index is 0.0492. The molecule has 4 rings (SSSR count). The topological polar surface area (TPSA) is 68.8 Å². The summed E-state index contributed by atoms with van der Waals surface area (Å²) in [5, 5.41) is 4.11. The maximum absolute atomic E-state index is 12.7. The minimum atomic E-state index is 0.0492.